The van der Waals surface area contributed by atoms with Crippen LogP contribution in [0.2, 0.25) is 0 Å². The maximum atomic E-state index is 11.9. The summed E-state index contributed by atoms with van der Waals surface area (Å²) in [5.74, 6) is 0.604. The van der Waals surface area contributed by atoms with E-state index in [1.165, 1.54) is 17.4 Å². The minimum atomic E-state index is -0.0979. The van der Waals surface area contributed by atoms with Crippen molar-refractivity contribution in [3.8, 4) is 34.0 Å². The topological polar surface area (TPSA) is 89.3 Å². The summed E-state index contributed by atoms with van der Waals surface area (Å²) in [6.45, 7) is 0. The van der Waals surface area contributed by atoms with E-state index in [-0.39, 0.29) is 17.4 Å². The van der Waals surface area contributed by atoms with Gasteiger partial charge in [0.2, 0.25) is 5.88 Å². The molecule has 154 valence electrons. The molecule has 2 N–H and O–H groups in total. The van der Waals surface area contributed by atoms with Gasteiger partial charge in [-0.2, -0.15) is 0 Å². The molecular formula is C23H24N4O3. The summed E-state index contributed by atoms with van der Waals surface area (Å²) in [5.41, 5.74) is 2.58. The molecule has 2 unspecified atom stereocenters. The van der Waals surface area contributed by atoms with Crippen molar-refractivity contribution >= 4 is 0 Å². The number of phenols is 1. The van der Waals surface area contributed by atoms with Crippen molar-refractivity contribution in [2.45, 2.75) is 43.9 Å². The Kier molecular flexibility index (Phi) is 4.75. The van der Waals surface area contributed by atoms with Crippen LogP contribution in [0.25, 0.3) is 22.4 Å². The Bertz CT molecular complexity index is 1110. The summed E-state index contributed by atoms with van der Waals surface area (Å²) in [5, 5.41) is 22.6. The second-order valence-electron chi connectivity index (χ2n) is 8.20. The van der Waals surface area contributed by atoms with E-state index in [1.54, 1.807) is 37.5 Å². The number of ether oxygens (including phenoxy) is 1. The molecule has 2 aliphatic rings. The maximum absolute atomic E-state index is 11.9. The lowest BCUT2D eigenvalue weighted by Gasteiger charge is -2.28. The number of aryl methyl sites for hydroxylation is 1. The lowest BCUT2D eigenvalue weighted by atomic mass is 10.0. The van der Waals surface area contributed by atoms with Gasteiger partial charge in [0.25, 0.3) is 5.56 Å². The lowest BCUT2D eigenvalue weighted by Crippen LogP contribution is -2.42. The number of hydrogen-bond acceptors (Lipinski definition) is 6. The molecule has 0 amide bonds. The molecular weight excluding hydrogens is 380 g/mol. The van der Waals surface area contributed by atoms with Crippen molar-refractivity contribution in [2.24, 2.45) is 7.05 Å². The van der Waals surface area contributed by atoms with Crippen molar-refractivity contribution in [2.75, 3.05) is 0 Å². The van der Waals surface area contributed by atoms with Gasteiger partial charge in [0.05, 0.1) is 5.69 Å². The second kappa shape index (κ2) is 7.57. The van der Waals surface area contributed by atoms with Crippen LogP contribution in [0.3, 0.4) is 0 Å². The third-order valence-electron chi connectivity index (χ3n) is 6.07. The number of aromatic hydroxyl groups is 1. The molecule has 5 rings (SSSR count). The van der Waals surface area contributed by atoms with Gasteiger partial charge in [-0.05, 0) is 61.1 Å². The summed E-state index contributed by atoms with van der Waals surface area (Å²) in [7, 11) is 1.70. The van der Waals surface area contributed by atoms with E-state index in [1.807, 2.05) is 18.2 Å². The van der Waals surface area contributed by atoms with Gasteiger partial charge in [-0.25, -0.2) is 0 Å². The van der Waals surface area contributed by atoms with Crippen molar-refractivity contribution in [1.82, 2.24) is 20.1 Å². The van der Waals surface area contributed by atoms with Gasteiger partial charge in [0.1, 0.15) is 11.9 Å². The normalized spacial score (nSPS) is 22.8. The Labute approximate surface area is 174 Å². The third kappa shape index (κ3) is 3.68. The van der Waals surface area contributed by atoms with E-state index in [0.29, 0.717) is 29.2 Å². The molecule has 2 aliphatic heterocycles. The Balaban J connectivity index is 1.32. The molecule has 0 radical (unpaired) electrons. The van der Waals surface area contributed by atoms with Crippen molar-refractivity contribution in [1.29, 1.82) is 0 Å². The van der Waals surface area contributed by atoms with E-state index in [2.05, 4.69) is 15.5 Å². The number of phenolic OH excluding ortho intramolecular Hbond substituents is 1. The number of fused-ring (bicyclic) bond motifs is 2. The molecule has 2 fully saturated rings. The lowest BCUT2D eigenvalue weighted by molar-refractivity contribution is 0.130. The first-order valence-corrected chi connectivity index (χ1v) is 10.3. The molecule has 2 atom stereocenters. The zero-order chi connectivity index (χ0) is 20.7. The minimum Gasteiger partial charge on any atom is -0.507 e. The quantitative estimate of drug-likeness (QED) is 0.695. The van der Waals surface area contributed by atoms with Gasteiger partial charge < -0.3 is 19.7 Å². The first kappa shape index (κ1) is 18.8. The van der Waals surface area contributed by atoms with E-state index in [9.17, 15) is 9.90 Å². The molecule has 2 aromatic heterocycles. The van der Waals surface area contributed by atoms with Crippen molar-refractivity contribution in [3.05, 3.63) is 59.0 Å². The van der Waals surface area contributed by atoms with Crippen molar-refractivity contribution < 1.29 is 9.84 Å². The minimum absolute atomic E-state index is 0.0890. The van der Waals surface area contributed by atoms with Crippen LogP contribution in [-0.4, -0.2) is 38.1 Å². The maximum Gasteiger partial charge on any atom is 0.250 e. The smallest absolute Gasteiger partial charge is 0.250 e. The average molecular weight is 404 g/mol. The van der Waals surface area contributed by atoms with Gasteiger partial charge in [-0.3, -0.25) is 4.79 Å². The number of pyridine rings is 1. The average Bonchev–Trinajstić information content (AvgIpc) is 3.09. The van der Waals surface area contributed by atoms with Gasteiger partial charge in [-0.15, -0.1) is 10.2 Å². The fourth-order valence-electron chi connectivity index (χ4n) is 4.45. The number of benzene rings is 1. The van der Waals surface area contributed by atoms with Crippen LogP contribution in [0.15, 0.2) is 53.5 Å². The molecule has 7 heteroatoms. The van der Waals surface area contributed by atoms with Crippen molar-refractivity contribution in [3.63, 3.8) is 0 Å². The number of rotatable bonds is 4. The van der Waals surface area contributed by atoms with E-state index in [4.69, 9.17) is 4.74 Å². The van der Waals surface area contributed by atoms with E-state index >= 15 is 0 Å². The second-order valence-corrected chi connectivity index (χ2v) is 8.20. The summed E-state index contributed by atoms with van der Waals surface area (Å²) in [4.78, 5) is 11.9. The molecule has 3 aromatic rings. The van der Waals surface area contributed by atoms with E-state index < -0.39 is 0 Å². The van der Waals surface area contributed by atoms with Crippen LogP contribution in [0.1, 0.15) is 25.7 Å². The Morgan fingerprint density at radius 3 is 2.47 bits per heavy atom. The molecule has 2 saturated heterocycles. The fourth-order valence-corrected chi connectivity index (χ4v) is 4.45. The van der Waals surface area contributed by atoms with Crippen LogP contribution in [0.4, 0.5) is 0 Å². The van der Waals surface area contributed by atoms with E-state index in [0.717, 1.165) is 24.0 Å². The number of nitrogens with one attached hydrogen (secondary N) is 1. The Hall–Kier alpha value is -3.19. The monoisotopic (exact) mass is 404 g/mol. The summed E-state index contributed by atoms with van der Waals surface area (Å²) < 4.78 is 7.55. The molecule has 0 saturated carbocycles. The highest BCUT2D eigenvalue weighted by Crippen LogP contribution is 2.33. The predicted molar refractivity (Wildman–Crippen MR) is 113 cm³/mol. The van der Waals surface area contributed by atoms with Crippen LogP contribution >= 0.6 is 0 Å². The third-order valence-corrected chi connectivity index (χ3v) is 6.07. The molecule has 0 aliphatic carbocycles. The first-order chi connectivity index (χ1) is 14.5. The van der Waals surface area contributed by atoms with Gasteiger partial charge in [-0.1, -0.05) is 6.07 Å². The predicted octanol–water partition coefficient (Wildman–Crippen LogP) is 2.88. The number of hydrogen-bond donors (Lipinski definition) is 2. The highest BCUT2D eigenvalue weighted by atomic mass is 16.5. The van der Waals surface area contributed by atoms with Crippen LogP contribution < -0.4 is 15.6 Å². The van der Waals surface area contributed by atoms with Gasteiger partial charge in [0.15, 0.2) is 0 Å². The first-order valence-electron chi connectivity index (χ1n) is 10.3. The molecule has 4 heterocycles. The van der Waals surface area contributed by atoms with Gasteiger partial charge in [0, 0.05) is 43.0 Å². The fraction of sp³-hybridized carbons (Fsp3) is 0.348. The highest BCUT2D eigenvalue weighted by Gasteiger charge is 2.34. The number of aromatic nitrogens is 3. The Morgan fingerprint density at radius 2 is 1.80 bits per heavy atom. The Morgan fingerprint density at radius 1 is 1.03 bits per heavy atom. The zero-order valence-electron chi connectivity index (χ0n) is 16.8. The summed E-state index contributed by atoms with van der Waals surface area (Å²) >= 11 is 0. The number of piperidine rings is 1. The zero-order valence-corrected chi connectivity index (χ0v) is 16.8. The molecule has 30 heavy (non-hydrogen) atoms. The highest BCUT2D eigenvalue weighted by molar-refractivity contribution is 5.74. The standard InChI is InChI=1S/C23H24N4O3/c1-27-9-8-15(11-23(27)29)14-2-5-19(21(28)10-14)20-6-7-22(26-25-20)30-18-12-16-3-4-17(13-18)24-16/h2,5-11,16-18,24,28H,3-4,12-13H2,1H3. The van der Waals surface area contributed by atoms with Crippen LogP contribution in [0.5, 0.6) is 11.6 Å². The SMILES string of the molecule is Cn1ccc(-c2ccc(-c3ccc(OC4CC5CCC(C4)N5)nn3)c(O)c2)cc1=O. The summed E-state index contributed by atoms with van der Waals surface area (Å²) in [6.07, 6.45) is 6.34. The largest absolute Gasteiger partial charge is 0.507 e. The molecule has 0 spiro atoms. The summed E-state index contributed by atoms with van der Waals surface area (Å²) in [6, 6.07) is 13.4. The molecule has 7 nitrogen and oxygen atoms in total. The number of nitrogens with zero attached hydrogens (tertiary/aromatic N) is 3. The van der Waals surface area contributed by atoms with Crippen LogP contribution in [-0.2, 0) is 7.05 Å². The van der Waals surface area contributed by atoms with Gasteiger partial charge >= 0.3 is 0 Å². The molecule has 1 aromatic carbocycles. The van der Waals surface area contributed by atoms with Crippen LogP contribution in [0, 0.1) is 0 Å². The molecule has 2 bridgehead atoms.